The molecule has 2 rings (SSSR count). The lowest BCUT2D eigenvalue weighted by molar-refractivity contribution is 0.0185. The molecule has 1 saturated heterocycles. The Morgan fingerprint density at radius 3 is 2.81 bits per heavy atom. The van der Waals surface area contributed by atoms with E-state index in [0.29, 0.717) is 18.7 Å². The fourth-order valence-corrected chi connectivity index (χ4v) is 2.89. The number of carbonyl (C=O) groups excluding carboxylic acids is 2. The fraction of sp³-hybridized carbons (Fsp3) is 0.600. The minimum absolute atomic E-state index is 0.0151. The third-order valence-corrected chi connectivity index (χ3v) is 3.87. The number of amides is 2. The number of hydrogen-bond donors (Lipinski definition) is 1. The minimum atomic E-state index is -0.496. The fourth-order valence-electron chi connectivity index (χ4n) is 2.25. The van der Waals surface area contributed by atoms with Crippen LogP contribution in [0.25, 0.3) is 0 Å². The highest BCUT2D eigenvalue weighted by Crippen LogP contribution is 2.16. The molecule has 0 bridgehead atoms. The molecule has 0 radical (unpaired) electrons. The van der Waals surface area contributed by atoms with Crippen molar-refractivity contribution in [2.24, 2.45) is 0 Å². The van der Waals surface area contributed by atoms with Gasteiger partial charge in [0.05, 0.1) is 0 Å². The molecule has 1 aliphatic heterocycles. The molecule has 1 fully saturated rings. The minimum Gasteiger partial charge on any atom is -0.444 e. The van der Waals surface area contributed by atoms with E-state index in [2.05, 4.69) is 5.32 Å². The van der Waals surface area contributed by atoms with Crippen LogP contribution < -0.4 is 5.32 Å². The van der Waals surface area contributed by atoms with Gasteiger partial charge in [-0.2, -0.15) is 11.3 Å². The van der Waals surface area contributed by atoms with Crippen LogP contribution in [-0.2, 0) is 4.74 Å². The molecular formula is C15H22N2O3S. The zero-order chi connectivity index (χ0) is 15.5. The molecule has 0 spiro atoms. The molecule has 1 aromatic rings. The summed E-state index contributed by atoms with van der Waals surface area (Å²) >= 11 is 1.50. The Balaban J connectivity index is 1.89. The Morgan fingerprint density at radius 2 is 2.19 bits per heavy atom. The molecule has 1 unspecified atom stereocenters. The Bertz CT molecular complexity index is 494. The lowest BCUT2D eigenvalue weighted by Crippen LogP contribution is -2.50. The number of carbonyl (C=O) groups is 2. The smallest absolute Gasteiger partial charge is 0.410 e. The van der Waals surface area contributed by atoms with Gasteiger partial charge in [-0.25, -0.2) is 4.79 Å². The van der Waals surface area contributed by atoms with Crippen LogP contribution in [0.1, 0.15) is 44.0 Å². The van der Waals surface area contributed by atoms with Gasteiger partial charge in [-0.05, 0) is 45.1 Å². The predicted octanol–water partition coefficient (Wildman–Crippen LogP) is 2.88. The van der Waals surface area contributed by atoms with E-state index in [0.717, 1.165) is 12.8 Å². The summed E-state index contributed by atoms with van der Waals surface area (Å²) in [5, 5.41) is 6.69. The summed E-state index contributed by atoms with van der Waals surface area (Å²) in [5.41, 5.74) is 0.179. The van der Waals surface area contributed by atoms with Crippen molar-refractivity contribution in [1.29, 1.82) is 0 Å². The topological polar surface area (TPSA) is 58.6 Å². The number of nitrogens with one attached hydrogen (secondary N) is 1. The molecule has 1 aromatic heterocycles. The van der Waals surface area contributed by atoms with Crippen LogP contribution in [0.4, 0.5) is 4.79 Å². The molecule has 0 aliphatic carbocycles. The van der Waals surface area contributed by atoms with E-state index in [9.17, 15) is 9.59 Å². The number of nitrogens with zero attached hydrogens (tertiary/aromatic N) is 1. The Labute approximate surface area is 129 Å². The highest BCUT2D eigenvalue weighted by atomic mass is 32.1. The largest absolute Gasteiger partial charge is 0.444 e. The molecule has 6 heteroatoms. The third kappa shape index (κ3) is 4.74. The van der Waals surface area contributed by atoms with E-state index in [-0.39, 0.29) is 18.0 Å². The Hall–Kier alpha value is -1.56. The maximum absolute atomic E-state index is 12.1. The van der Waals surface area contributed by atoms with Crippen molar-refractivity contribution in [2.45, 2.75) is 45.3 Å². The number of ether oxygens (including phenoxy) is 1. The van der Waals surface area contributed by atoms with Gasteiger partial charge in [0, 0.05) is 30.1 Å². The molecule has 5 nitrogen and oxygen atoms in total. The second kappa shape index (κ2) is 6.47. The molecule has 2 heterocycles. The summed E-state index contributed by atoms with van der Waals surface area (Å²) in [6.07, 6.45) is 1.44. The van der Waals surface area contributed by atoms with Crippen LogP contribution in [0.5, 0.6) is 0 Å². The first-order valence-electron chi connectivity index (χ1n) is 7.16. The van der Waals surface area contributed by atoms with E-state index in [4.69, 9.17) is 4.74 Å². The summed E-state index contributed by atoms with van der Waals surface area (Å²) in [5.74, 6) is -0.0766. The van der Waals surface area contributed by atoms with Crippen molar-refractivity contribution >= 4 is 23.3 Å². The quantitative estimate of drug-likeness (QED) is 0.914. The maximum atomic E-state index is 12.1. The van der Waals surface area contributed by atoms with Crippen molar-refractivity contribution in [1.82, 2.24) is 10.2 Å². The zero-order valence-electron chi connectivity index (χ0n) is 12.7. The molecule has 1 aliphatic rings. The lowest BCUT2D eigenvalue weighted by atomic mass is 10.1. The van der Waals surface area contributed by atoms with E-state index >= 15 is 0 Å². The van der Waals surface area contributed by atoms with Gasteiger partial charge in [0.15, 0.2) is 0 Å². The monoisotopic (exact) mass is 310 g/mol. The van der Waals surface area contributed by atoms with Crippen molar-refractivity contribution in [3.05, 3.63) is 22.4 Å². The van der Waals surface area contributed by atoms with Crippen LogP contribution in [0.3, 0.4) is 0 Å². The van der Waals surface area contributed by atoms with Gasteiger partial charge in [-0.3, -0.25) is 4.79 Å². The van der Waals surface area contributed by atoms with Crippen molar-refractivity contribution in [3.63, 3.8) is 0 Å². The van der Waals surface area contributed by atoms with E-state index in [1.165, 1.54) is 11.3 Å². The average Bonchev–Trinajstić information content (AvgIpc) is 2.91. The highest BCUT2D eigenvalue weighted by molar-refractivity contribution is 7.08. The number of rotatable bonds is 2. The van der Waals surface area contributed by atoms with Crippen molar-refractivity contribution in [3.8, 4) is 0 Å². The summed E-state index contributed by atoms with van der Waals surface area (Å²) in [6, 6.07) is 1.78. The number of likely N-dealkylation sites (tertiary alicyclic amines) is 1. The molecule has 116 valence electrons. The van der Waals surface area contributed by atoms with Gasteiger partial charge in [0.1, 0.15) is 5.60 Å². The van der Waals surface area contributed by atoms with Gasteiger partial charge in [-0.1, -0.05) is 0 Å². The van der Waals surface area contributed by atoms with Crippen LogP contribution in [0, 0.1) is 0 Å². The molecule has 0 aromatic carbocycles. The summed E-state index contributed by atoms with van der Waals surface area (Å²) < 4.78 is 5.38. The lowest BCUT2D eigenvalue weighted by Gasteiger charge is -2.34. The first kappa shape index (κ1) is 15.8. The van der Waals surface area contributed by atoms with Gasteiger partial charge >= 0.3 is 6.09 Å². The van der Waals surface area contributed by atoms with Gasteiger partial charge in [0.25, 0.3) is 5.91 Å². The first-order chi connectivity index (χ1) is 9.85. The normalized spacial score (nSPS) is 19.2. The Morgan fingerprint density at radius 1 is 1.43 bits per heavy atom. The number of piperidine rings is 1. The number of thiophene rings is 1. The second-order valence-electron chi connectivity index (χ2n) is 6.25. The third-order valence-electron chi connectivity index (χ3n) is 3.19. The summed E-state index contributed by atoms with van der Waals surface area (Å²) in [6.45, 7) is 6.74. The molecule has 1 N–H and O–H groups in total. The average molecular weight is 310 g/mol. The first-order valence-corrected chi connectivity index (χ1v) is 8.10. The summed E-state index contributed by atoms with van der Waals surface area (Å²) in [4.78, 5) is 25.8. The zero-order valence-corrected chi connectivity index (χ0v) is 13.5. The Kier molecular flexibility index (Phi) is 4.88. The molecule has 2 amide bonds. The maximum Gasteiger partial charge on any atom is 0.410 e. The SMILES string of the molecule is CC(C)(C)OC(=O)N1CCCC(NC(=O)c2ccsc2)C1. The molecule has 1 atom stereocenters. The molecule has 0 saturated carbocycles. The summed E-state index contributed by atoms with van der Waals surface area (Å²) in [7, 11) is 0. The van der Waals surface area contributed by atoms with Crippen LogP contribution in [0.2, 0.25) is 0 Å². The molecular weight excluding hydrogens is 288 g/mol. The standard InChI is InChI=1S/C15H22N2O3S/c1-15(2,3)20-14(19)17-7-4-5-12(9-17)16-13(18)11-6-8-21-10-11/h6,8,10,12H,4-5,7,9H2,1-3H3,(H,16,18). The number of hydrogen-bond acceptors (Lipinski definition) is 4. The second-order valence-corrected chi connectivity index (χ2v) is 7.03. The van der Waals surface area contributed by atoms with E-state index < -0.39 is 5.60 Å². The van der Waals surface area contributed by atoms with Crippen molar-refractivity contribution < 1.29 is 14.3 Å². The molecule has 21 heavy (non-hydrogen) atoms. The van der Waals surface area contributed by atoms with Crippen LogP contribution in [-0.4, -0.2) is 41.6 Å². The van der Waals surface area contributed by atoms with Gasteiger partial charge < -0.3 is 15.0 Å². The van der Waals surface area contributed by atoms with Gasteiger partial charge in [0.2, 0.25) is 0 Å². The van der Waals surface area contributed by atoms with Crippen molar-refractivity contribution in [2.75, 3.05) is 13.1 Å². The van der Waals surface area contributed by atoms with E-state index in [1.54, 1.807) is 11.0 Å². The van der Waals surface area contributed by atoms with E-state index in [1.807, 2.05) is 31.5 Å². The van der Waals surface area contributed by atoms with Gasteiger partial charge in [-0.15, -0.1) is 0 Å². The van der Waals surface area contributed by atoms with Crippen LogP contribution in [0.15, 0.2) is 16.8 Å². The predicted molar refractivity (Wildman–Crippen MR) is 82.6 cm³/mol. The van der Waals surface area contributed by atoms with Crippen LogP contribution >= 0.6 is 11.3 Å². The highest BCUT2D eigenvalue weighted by Gasteiger charge is 2.28.